The minimum atomic E-state index is 0.481. The van der Waals surface area contributed by atoms with Crippen molar-refractivity contribution in [3.05, 3.63) is 48.0 Å². The van der Waals surface area contributed by atoms with E-state index >= 15 is 0 Å². The normalized spacial score (nSPS) is 20.6. The first-order chi connectivity index (χ1) is 9.79. The van der Waals surface area contributed by atoms with Crippen LogP contribution in [0.3, 0.4) is 0 Å². The summed E-state index contributed by atoms with van der Waals surface area (Å²) in [6.07, 6.45) is 1.27. The molecule has 1 aliphatic rings. The van der Waals surface area contributed by atoms with Crippen LogP contribution < -0.4 is 5.32 Å². The van der Waals surface area contributed by atoms with Gasteiger partial charge in [-0.15, -0.1) is 0 Å². The number of hydrogen-bond donors (Lipinski definition) is 1. The van der Waals surface area contributed by atoms with Gasteiger partial charge in [0.15, 0.2) is 0 Å². The van der Waals surface area contributed by atoms with Crippen molar-refractivity contribution in [2.45, 2.75) is 32.4 Å². The second kappa shape index (κ2) is 5.94. The monoisotopic (exact) mass is 268 g/mol. The highest BCUT2D eigenvalue weighted by atomic mass is 15.2. The zero-order valence-electron chi connectivity index (χ0n) is 12.5. The lowest BCUT2D eigenvalue weighted by Crippen LogP contribution is -2.38. The smallest absolute Gasteiger partial charge is 0.0323 e. The molecule has 2 heteroatoms. The Morgan fingerprint density at radius 3 is 2.70 bits per heavy atom. The molecule has 1 N–H and O–H groups in total. The largest absolute Gasteiger partial charge is 0.315 e. The summed E-state index contributed by atoms with van der Waals surface area (Å²) in [5, 5.41) is 6.15. The minimum absolute atomic E-state index is 0.481. The number of benzene rings is 2. The Labute approximate surface area is 121 Å². The molecule has 0 radical (unpaired) electrons. The van der Waals surface area contributed by atoms with Crippen molar-refractivity contribution < 1.29 is 0 Å². The molecule has 3 rings (SSSR count). The summed E-state index contributed by atoms with van der Waals surface area (Å²) < 4.78 is 0. The molecule has 0 bridgehead atoms. The van der Waals surface area contributed by atoms with Crippen molar-refractivity contribution in [3.8, 4) is 0 Å². The van der Waals surface area contributed by atoms with E-state index in [1.165, 1.54) is 22.8 Å². The Kier molecular flexibility index (Phi) is 4.04. The second-order valence-electron chi connectivity index (χ2n) is 5.76. The molecule has 2 atom stereocenters. The molecular formula is C18H24N2. The quantitative estimate of drug-likeness (QED) is 0.911. The molecule has 2 aromatic carbocycles. The molecular weight excluding hydrogens is 244 g/mol. The zero-order valence-corrected chi connectivity index (χ0v) is 12.5. The summed E-state index contributed by atoms with van der Waals surface area (Å²) >= 11 is 0. The van der Waals surface area contributed by atoms with Crippen LogP contribution in [0.5, 0.6) is 0 Å². The molecule has 2 nitrogen and oxygen atoms in total. The van der Waals surface area contributed by atoms with Crippen molar-refractivity contribution in [1.29, 1.82) is 0 Å². The van der Waals surface area contributed by atoms with Crippen LogP contribution in [0.2, 0.25) is 0 Å². The van der Waals surface area contributed by atoms with Gasteiger partial charge in [-0.3, -0.25) is 4.90 Å². The fourth-order valence-corrected chi connectivity index (χ4v) is 3.43. The molecule has 2 aromatic rings. The summed E-state index contributed by atoms with van der Waals surface area (Å²) in [5.74, 6) is 0. The second-order valence-corrected chi connectivity index (χ2v) is 5.76. The van der Waals surface area contributed by atoms with Gasteiger partial charge in [0.1, 0.15) is 0 Å². The van der Waals surface area contributed by atoms with Gasteiger partial charge in [-0.1, -0.05) is 43.3 Å². The molecule has 1 heterocycles. The van der Waals surface area contributed by atoms with Gasteiger partial charge < -0.3 is 5.32 Å². The van der Waals surface area contributed by atoms with Gasteiger partial charge in [0.2, 0.25) is 0 Å². The summed E-state index contributed by atoms with van der Waals surface area (Å²) in [5.41, 5.74) is 1.43. The SMILES string of the molecule is CCN(C1CCNC1)C(C)c1ccc2ccccc2c1. The average molecular weight is 268 g/mol. The van der Waals surface area contributed by atoms with E-state index in [0.29, 0.717) is 12.1 Å². The van der Waals surface area contributed by atoms with E-state index in [1.54, 1.807) is 0 Å². The van der Waals surface area contributed by atoms with Gasteiger partial charge in [-0.25, -0.2) is 0 Å². The number of rotatable bonds is 4. The highest BCUT2D eigenvalue weighted by molar-refractivity contribution is 5.83. The molecule has 0 aromatic heterocycles. The molecule has 0 amide bonds. The van der Waals surface area contributed by atoms with E-state index in [-0.39, 0.29) is 0 Å². The zero-order chi connectivity index (χ0) is 13.9. The van der Waals surface area contributed by atoms with Crippen LogP contribution in [-0.4, -0.2) is 30.6 Å². The number of nitrogens with zero attached hydrogens (tertiary/aromatic N) is 1. The molecule has 1 fully saturated rings. The standard InChI is InChI=1S/C18H24N2/c1-3-20(18-10-11-19-13-18)14(2)16-9-8-15-6-4-5-7-17(15)12-16/h4-9,12,14,18-19H,3,10-11,13H2,1-2H3. The number of likely N-dealkylation sites (N-methyl/N-ethyl adjacent to an activating group) is 1. The van der Waals surface area contributed by atoms with Gasteiger partial charge in [0.05, 0.1) is 0 Å². The molecule has 20 heavy (non-hydrogen) atoms. The first-order valence-corrected chi connectivity index (χ1v) is 7.74. The van der Waals surface area contributed by atoms with E-state index in [0.717, 1.165) is 19.6 Å². The summed E-state index contributed by atoms with van der Waals surface area (Å²) in [6, 6.07) is 16.7. The molecule has 106 valence electrons. The molecule has 1 aliphatic heterocycles. The minimum Gasteiger partial charge on any atom is -0.315 e. The topological polar surface area (TPSA) is 15.3 Å². The predicted octanol–water partition coefficient (Wildman–Crippen LogP) is 3.58. The van der Waals surface area contributed by atoms with Crippen molar-refractivity contribution in [1.82, 2.24) is 10.2 Å². The van der Waals surface area contributed by atoms with Crippen LogP contribution in [0.15, 0.2) is 42.5 Å². The molecule has 2 unspecified atom stereocenters. The summed E-state index contributed by atoms with van der Waals surface area (Å²) in [4.78, 5) is 2.63. The molecule has 0 aliphatic carbocycles. The van der Waals surface area contributed by atoms with Crippen LogP contribution in [0.4, 0.5) is 0 Å². The van der Waals surface area contributed by atoms with Gasteiger partial charge in [0, 0.05) is 18.6 Å². The van der Waals surface area contributed by atoms with Gasteiger partial charge >= 0.3 is 0 Å². The predicted molar refractivity (Wildman–Crippen MR) is 86.0 cm³/mol. The highest BCUT2D eigenvalue weighted by Crippen LogP contribution is 2.27. The van der Waals surface area contributed by atoms with Crippen LogP contribution in [-0.2, 0) is 0 Å². The Morgan fingerprint density at radius 1 is 1.20 bits per heavy atom. The third-order valence-electron chi connectivity index (χ3n) is 4.62. The maximum atomic E-state index is 3.48. The van der Waals surface area contributed by atoms with Crippen LogP contribution in [0.1, 0.15) is 31.9 Å². The summed E-state index contributed by atoms with van der Waals surface area (Å²) in [7, 11) is 0. The summed E-state index contributed by atoms with van der Waals surface area (Å²) in [6.45, 7) is 8.01. The Hall–Kier alpha value is -1.38. The lowest BCUT2D eigenvalue weighted by molar-refractivity contribution is 0.163. The van der Waals surface area contributed by atoms with Crippen molar-refractivity contribution in [3.63, 3.8) is 0 Å². The first-order valence-electron chi connectivity index (χ1n) is 7.74. The van der Waals surface area contributed by atoms with E-state index in [2.05, 4.69) is 66.5 Å². The van der Waals surface area contributed by atoms with Crippen molar-refractivity contribution >= 4 is 10.8 Å². The van der Waals surface area contributed by atoms with Gasteiger partial charge in [0.25, 0.3) is 0 Å². The Morgan fingerprint density at radius 2 is 2.00 bits per heavy atom. The fraction of sp³-hybridized carbons (Fsp3) is 0.444. The maximum Gasteiger partial charge on any atom is 0.0323 e. The van der Waals surface area contributed by atoms with Crippen LogP contribution in [0, 0.1) is 0 Å². The lowest BCUT2D eigenvalue weighted by atomic mass is 10.0. The van der Waals surface area contributed by atoms with Gasteiger partial charge in [-0.05, 0) is 48.8 Å². The highest BCUT2D eigenvalue weighted by Gasteiger charge is 2.25. The molecule has 0 saturated carbocycles. The molecule has 0 spiro atoms. The Balaban J connectivity index is 1.88. The maximum absolute atomic E-state index is 3.48. The average Bonchev–Trinajstić information content (AvgIpc) is 3.01. The third-order valence-corrected chi connectivity index (χ3v) is 4.62. The van der Waals surface area contributed by atoms with E-state index in [4.69, 9.17) is 0 Å². The van der Waals surface area contributed by atoms with Crippen molar-refractivity contribution in [2.75, 3.05) is 19.6 Å². The third kappa shape index (κ3) is 2.58. The lowest BCUT2D eigenvalue weighted by Gasteiger charge is -2.33. The Bertz CT molecular complexity index is 572. The first kappa shape index (κ1) is 13.6. The number of nitrogens with one attached hydrogen (secondary N) is 1. The van der Waals surface area contributed by atoms with Crippen LogP contribution >= 0.6 is 0 Å². The van der Waals surface area contributed by atoms with E-state index < -0.39 is 0 Å². The van der Waals surface area contributed by atoms with E-state index in [9.17, 15) is 0 Å². The number of hydrogen-bond acceptors (Lipinski definition) is 2. The van der Waals surface area contributed by atoms with Crippen LogP contribution in [0.25, 0.3) is 10.8 Å². The van der Waals surface area contributed by atoms with E-state index in [1.807, 2.05) is 0 Å². The molecule has 1 saturated heterocycles. The van der Waals surface area contributed by atoms with Crippen molar-refractivity contribution in [2.24, 2.45) is 0 Å². The fourth-order valence-electron chi connectivity index (χ4n) is 3.43. The van der Waals surface area contributed by atoms with Gasteiger partial charge in [-0.2, -0.15) is 0 Å². The number of fused-ring (bicyclic) bond motifs is 1.